The normalized spacial score (nSPS) is 29.6. The van der Waals surface area contributed by atoms with Crippen molar-refractivity contribution in [1.29, 1.82) is 0 Å². The average molecular weight is 196 g/mol. The van der Waals surface area contributed by atoms with Crippen LogP contribution in [-0.2, 0) is 9.53 Å². The highest BCUT2D eigenvalue weighted by Gasteiger charge is 2.33. The second-order valence-electron chi connectivity index (χ2n) is 2.87. The largest absolute Gasteiger partial charge is 0.468 e. The third kappa shape index (κ3) is 2.33. The maximum atomic E-state index is 11.0. The van der Waals surface area contributed by atoms with E-state index in [9.17, 15) is 4.79 Å². The van der Waals surface area contributed by atoms with Gasteiger partial charge < -0.3 is 9.84 Å². The number of ether oxygens (including phenoxy) is 1. The monoisotopic (exact) mass is 195 g/mol. The van der Waals surface area contributed by atoms with E-state index in [1.165, 1.54) is 7.11 Å². The third-order valence-corrected chi connectivity index (χ3v) is 2.00. The van der Waals surface area contributed by atoms with Crippen molar-refractivity contribution in [2.24, 2.45) is 0 Å². The van der Waals surface area contributed by atoms with Crippen molar-refractivity contribution in [1.82, 2.24) is 4.90 Å². The summed E-state index contributed by atoms with van der Waals surface area (Å²) >= 11 is 0. The average Bonchev–Trinajstić information content (AvgIpc) is 2.28. The summed E-state index contributed by atoms with van der Waals surface area (Å²) in [7, 11) is 3.17. The van der Waals surface area contributed by atoms with Crippen molar-refractivity contribution in [3.8, 4) is 0 Å². The summed E-state index contributed by atoms with van der Waals surface area (Å²) in [6.07, 6.45) is 0.104. The molecule has 4 nitrogen and oxygen atoms in total. The maximum Gasteiger partial charge on any atom is 0.323 e. The minimum Gasteiger partial charge on any atom is -0.468 e. The first-order valence-corrected chi connectivity index (χ1v) is 3.61. The Kier molecular flexibility index (Phi) is 4.52. The van der Waals surface area contributed by atoms with E-state index in [0.717, 1.165) is 0 Å². The minimum atomic E-state index is -0.385. The lowest BCUT2D eigenvalue weighted by Gasteiger charge is -2.15. The van der Waals surface area contributed by atoms with Gasteiger partial charge in [0, 0.05) is 13.0 Å². The fourth-order valence-electron chi connectivity index (χ4n) is 1.38. The fourth-order valence-corrected chi connectivity index (χ4v) is 1.38. The highest BCUT2D eigenvalue weighted by atomic mass is 35.5. The molecule has 0 radical (unpaired) electrons. The van der Waals surface area contributed by atoms with E-state index in [2.05, 4.69) is 4.74 Å². The van der Waals surface area contributed by atoms with Crippen LogP contribution in [0.15, 0.2) is 0 Å². The zero-order valence-electron chi connectivity index (χ0n) is 7.19. The van der Waals surface area contributed by atoms with Crippen molar-refractivity contribution in [2.45, 2.75) is 18.6 Å². The van der Waals surface area contributed by atoms with Crippen LogP contribution in [0.25, 0.3) is 0 Å². The van der Waals surface area contributed by atoms with Gasteiger partial charge in [-0.3, -0.25) is 9.69 Å². The molecule has 1 rings (SSSR count). The molecule has 1 saturated heterocycles. The lowest BCUT2D eigenvalue weighted by molar-refractivity contribution is -0.145. The van der Waals surface area contributed by atoms with Gasteiger partial charge in [-0.1, -0.05) is 0 Å². The molecule has 0 aromatic carbocycles. The Bertz CT molecular complexity index is 165. The van der Waals surface area contributed by atoms with Gasteiger partial charge >= 0.3 is 5.97 Å². The summed E-state index contributed by atoms with van der Waals surface area (Å²) in [5.41, 5.74) is 0. The molecule has 1 aliphatic rings. The van der Waals surface area contributed by atoms with Gasteiger partial charge in [-0.15, -0.1) is 12.4 Å². The van der Waals surface area contributed by atoms with E-state index in [1.807, 2.05) is 0 Å². The first kappa shape index (κ1) is 11.7. The number of carbonyl (C=O) groups excluding carboxylic acids is 1. The van der Waals surface area contributed by atoms with E-state index >= 15 is 0 Å². The molecule has 2 unspecified atom stereocenters. The lowest BCUT2D eigenvalue weighted by Crippen LogP contribution is -2.33. The Labute approximate surface area is 77.9 Å². The molecule has 0 amide bonds. The molecule has 0 spiro atoms. The number of rotatable bonds is 1. The van der Waals surface area contributed by atoms with Gasteiger partial charge in [0.1, 0.15) is 6.04 Å². The van der Waals surface area contributed by atoms with Gasteiger partial charge in [-0.2, -0.15) is 0 Å². The smallest absolute Gasteiger partial charge is 0.323 e. The second kappa shape index (κ2) is 4.64. The second-order valence-corrected chi connectivity index (χ2v) is 2.87. The molecular weight excluding hydrogens is 182 g/mol. The molecule has 1 heterocycles. The van der Waals surface area contributed by atoms with Crippen LogP contribution in [0.4, 0.5) is 0 Å². The van der Waals surface area contributed by atoms with Crippen LogP contribution in [-0.4, -0.2) is 48.8 Å². The summed E-state index contributed by atoms with van der Waals surface area (Å²) in [6, 6.07) is -0.255. The van der Waals surface area contributed by atoms with Gasteiger partial charge in [-0.25, -0.2) is 0 Å². The summed E-state index contributed by atoms with van der Waals surface area (Å²) in [5.74, 6) is -0.260. The number of nitrogens with zero attached hydrogens (tertiary/aromatic N) is 1. The first-order chi connectivity index (χ1) is 5.15. The van der Waals surface area contributed by atoms with Gasteiger partial charge in [0.15, 0.2) is 0 Å². The number of hydrogen-bond donors (Lipinski definition) is 1. The van der Waals surface area contributed by atoms with E-state index < -0.39 is 0 Å². The molecule has 1 fully saturated rings. The van der Waals surface area contributed by atoms with Crippen LogP contribution >= 0.6 is 12.4 Å². The number of likely N-dealkylation sites (N-methyl/N-ethyl adjacent to an activating group) is 1. The number of carbonyl (C=O) groups is 1. The molecule has 0 saturated carbocycles. The lowest BCUT2D eigenvalue weighted by atomic mass is 10.2. The van der Waals surface area contributed by atoms with Gasteiger partial charge in [0.25, 0.3) is 0 Å². The molecule has 0 aliphatic carbocycles. The van der Waals surface area contributed by atoms with Crippen molar-refractivity contribution in [2.75, 3.05) is 20.7 Å². The minimum absolute atomic E-state index is 0. The summed E-state index contributed by atoms with van der Waals surface area (Å²) in [4.78, 5) is 12.8. The Morgan fingerprint density at radius 3 is 2.58 bits per heavy atom. The van der Waals surface area contributed by atoms with Crippen LogP contribution < -0.4 is 0 Å². The topological polar surface area (TPSA) is 49.8 Å². The summed E-state index contributed by atoms with van der Waals surface area (Å²) in [5, 5.41) is 9.16. The summed E-state index contributed by atoms with van der Waals surface area (Å²) in [6.45, 7) is 0.555. The van der Waals surface area contributed by atoms with Crippen LogP contribution in [0, 0.1) is 0 Å². The number of aliphatic hydroxyl groups excluding tert-OH is 1. The Balaban J connectivity index is 0.00000121. The van der Waals surface area contributed by atoms with E-state index in [0.29, 0.717) is 13.0 Å². The van der Waals surface area contributed by atoms with Crippen molar-refractivity contribution < 1.29 is 14.6 Å². The molecule has 1 N–H and O–H groups in total. The molecular formula is C7H14ClNO3. The molecule has 0 aromatic rings. The van der Waals surface area contributed by atoms with Crippen LogP contribution in [0.1, 0.15) is 6.42 Å². The highest BCUT2D eigenvalue weighted by molar-refractivity contribution is 5.85. The van der Waals surface area contributed by atoms with Crippen molar-refractivity contribution in [3.63, 3.8) is 0 Å². The molecule has 5 heteroatoms. The zero-order valence-corrected chi connectivity index (χ0v) is 8.00. The number of esters is 1. The highest BCUT2D eigenvalue weighted by Crippen LogP contribution is 2.16. The van der Waals surface area contributed by atoms with Crippen molar-refractivity contribution >= 4 is 18.4 Å². The predicted molar refractivity (Wildman–Crippen MR) is 46.3 cm³/mol. The van der Waals surface area contributed by atoms with E-state index in [-0.39, 0.29) is 30.5 Å². The molecule has 1 aliphatic heterocycles. The van der Waals surface area contributed by atoms with Crippen LogP contribution in [0.3, 0.4) is 0 Å². The number of aliphatic hydroxyl groups is 1. The predicted octanol–water partition coefficient (Wildman–Crippen LogP) is -0.354. The van der Waals surface area contributed by atoms with Gasteiger partial charge in [-0.05, 0) is 7.05 Å². The molecule has 72 valence electrons. The van der Waals surface area contributed by atoms with Gasteiger partial charge in [0.2, 0.25) is 0 Å². The fraction of sp³-hybridized carbons (Fsp3) is 0.857. The number of β-amino-alcohol motifs (C(OH)–C–C–N with tert-alkyl or cyclic N) is 1. The zero-order chi connectivity index (χ0) is 8.43. The number of likely N-dealkylation sites (tertiary alicyclic amines) is 1. The number of hydrogen-bond acceptors (Lipinski definition) is 4. The first-order valence-electron chi connectivity index (χ1n) is 3.61. The Hall–Kier alpha value is -0.320. The van der Waals surface area contributed by atoms with E-state index in [1.54, 1.807) is 11.9 Å². The number of methoxy groups -OCH3 is 1. The van der Waals surface area contributed by atoms with Crippen LogP contribution in [0.5, 0.6) is 0 Å². The molecule has 0 aromatic heterocycles. The SMILES string of the molecule is COC(=O)C1CC(O)CN1C.Cl. The standard InChI is InChI=1S/C7H13NO3.ClH/c1-8-4-5(9)3-6(8)7(10)11-2;/h5-6,9H,3-4H2,1-2H3;1H. The third-order valence-electron chi connectivity index (χ3n) is 2.00. The maximum absolute atomic E-state index is 11.0. The molecule has 2 atom stereocenters. The molecule has 0 bridgehead atoms. The van der Waals surface area contributed by atoms with Crippen molar-refractivity contribution in [3.05, 3.63) is 0 Å². The number of halogens is 1. The molecule has 12 heavy (non-hydrogen) atoms. The quantitative estimate of drug-likeness (QED) is 0.581. The van der Waals surface area contributed by atoms with E-state index in [4.69, 9.17) is 5.11 Å². The van der Waals surface area contributed by atoms with Gasteiger partial charge in [0.05, 0.1) is 13.2 Å². The van der Waals surface area contributed by atoms with Crippen LogP contribution in [0.2, 0.25) is 0 Å². The Morgan fingerprint density at radius 2 is 2.25 bits per heavy atom. The summed E-state index contributed by atoms with van der Waals surface area (Å²) < 4.78 is 4.56. The Morgan fingerprint density at radius 1 is 1.67 bits per heavy atom.